The summed E-state index contributed by atoms with van der Waals surface area (Å²) in [5.41, 5.74) is 1.52. The van der Waals surface area contributed by atoms with E-state index in [4.69, 9.17) is 4.74 Å². The monoisotopic (exact) mass is 424 g/mol. The number of hydrogen-bond acceptors (Lipinski definition) is 6. The van der Waals surface area contributed by atoms with Crippen molar-refractivity contribution in [3.63, 3.8) is 0 Å². The maximum absolute atomic E-state index is 12.8. The van der Waals surface area contributed by atoms with Gasteiger partial charge in [0, 0.05) is 24.7 Å². The smallest absolute Gasteiger partial charge is 0.409 e. The molecule has 10 nitrogen and oxygen atoms in total. The van der Waals surface area contributed by atoms with Crippen molar-refractivity contribution in [2.75, 3.05) is 19.7 Å². The molecule has 0 unspecified atom stereocenters. The predicted octanol–water partition coefficient (Wildman–Crippen LogP) is 1.30. The molecule has 0 saturated carbocycles. The summed E-state index contributed by atoms with van der Waals surface area (Å²) in [5.74, 6) is -0.295. The highest BCUT2D eigenvalue weighted by Crippen LogP contribution is 2.17. The van der Waals surface area contributed by atoms with E-state index in [-0.39, 0.29) is 30.1 Å². The Morgan fingerprint density at radius 1 is 1.19 bits per heavy atom. The molecule has 162 valence electrons. The van der Waals surface area contributed by atoms with Gasteiger partial charge in [-0.3, -0.25) is 9.59 Å². The van der Waals surface area contributed by atoms with Crippen molar-refractivity contribution in [3.05, 3.63) is 53.1 Å². The fraction of sp³-hybridized carbons (Fsp3) is 0.381. The number of amides is 2. The number of nitrogens with zero attached hydrogens (tertiary/aromatic N) is 5. The molecule has 2 aromatic heterocycles. The van der Waals surface area contributed by atoms with E-state index < -0.39 is 0 Å². The first-order valence-corrected chi connectivity index (χ1v) is 10.3. The number of ether oxygens (including phenoxy) is 1. The first-order chi connectivity index (χ1) is 15.0. The second-order valence-corrected chi connectivity index (χ2v) is 7.35. The van der Waals surface area contributed by atoms with Crippen LogP contribution in [0.2, 0.25) is 0 Å². The molecule has 0 radical (unpaired) electrons. The first-order valence-electron chi connectivity index (χ1n) is 10.3. The molecule has 2 amide bonds. The van der Waals surface area contributed by atoms with E-state index in [1.165, 1.54) is 10.8 Å². The lowest BCUT2D eigenvalue weighted by atomic mass is 10.1. The van der Waals surface area contributed by atoms with E-state index in [2.05, 4.69) is 15.5 Å². The summed E-state index contributed by atoms with van der Waals surface area (Å²) >= 11 is 0. The second kappa shape index (κ2) is 8.99. The third kappa shape index (κ3) is 4.57. The highest BCUT2D eigenvalue weighted by atomic mass is 16.6. The number of benzene rings is 1. The summed E-state index contributed by atoms with van der Waals surface area (Å²) in [6.45, 7) is 2.97. The zero-order valence-corrected chi connectivity index (χ0v) is 17.2. The number of carbonyl (C=O) groups excluding carboxylic acids is 2. The summed E-state index contributed by atoms with van der Waals surface area (Å²) in [4.78, 5) is 38.7. The van der Waals surface area contributed by atoms with Gasteiger partial charge in [-0.1, -0.05) is 30.3 Å². The highest BCUT2D eigenvalue weighted by molar-refractivity contribution is 5.76. The Bertz CT molecular complexity index is 1130. The molecule has 1 saturated heterocycles. The molecule has 4 rings (SSSR count). The number of nitrogens with one attached hydrogen (secondary N) is 1. The standard InChI is InChI=1S/C21H24N6O4/c1-2-31-21(30)25-10-8-16(9-11-25)23-19(28)13-26-20(29)18-12-17(24-27(18)14-22-26)15-6-4-3-5-7-15/h3-7,12,14,16H,2,8-11,13H2,1H3,(H,23,28). The molecule has 3 aromatic rings. The lowest BCUT2D eigenvalue weighted by Crippen LogP contribution is -2.47. The van der Waals surface area contributed by atoms with Crippen LogP contribution in [0.1, 0.15) is 19.8 Å². The van der Waals surface area contributed by atoms with Gasteiger partial charge in [0.1, 0.15) is 18.4 Å². The van der Waals surface area contributed by atoms with Crippen molar-refractivity contribution in [2.24, 2.45) is 0 Å². The van der Waals surface area contributed by atoms with Crippen LogP contribution in [0.25, 0.3) is 16.8 Å². The summed E-state index contributed by atoms with van der Waals surface area (Å²) in [7, 11) is 0. The lowest BCUT2D eigenvalue weighted by molar-refractivity contribution is -0.122. The zero-order valence-electron chi connectivity index (χ0n) is 17.2. The van der Waals surface area contributed by atoms with Crippen molar-refractivity contribution in [1.29, 1.82) is 0 Å². The molecular formula is C21H24N6O4. The van der Waals surface area contributed by atoms with Crippen LogP contribution < -0.4 is 10.9 Å². The minimum Gasteiger partial charge on any atom is -0.450 e. The third-order valence-corrected chi connectivity index (χ3v) is 5.24. The lowest BCUT2D eigenvalue weighted by Gasteiger charge is -2.31. The number of rotatable bonds is 5. The van der Waals surface area contributed by atoms with Crippen molar-refractivity contribution in [2.45, 2.75) is 32.4 Å². The van der Waals surface area contributed by atoms with Gasteiger partial charge in [0.15, 0.2) is 0 Å². The Balaban J connectivity index is 1.40. The van der Waals surface area contributed by atoms with Gasteiger partial charge >= 0.3 is 6.09 Å². The number of likely N-dealkylation sites (tertiary alicyclic amines) is 1. The first kappa shape index (κ1) is 20.6. The van der Waals surface area contributed by atoms with Gasteiger partial charge in [-0.2, -0.15) is 10.2 Å². The topological polar surface area (TPSA) is 111 Å². The van der Waals surface area contributed by atoms with Crippen LogP contribution in [0.5, 0.6) is 0 Å². The van der Waals surface area contributed by atoms with Crippen molar-refractivity contribution < 1.29 is 14.3 Å². The second-order valence-electron chi connectivity index (χ2n) is 7.35. The molecule has 1 N–H and O–H groups in total. The van der Waals surface area contributed by atoms with Gasteiger partial charge in [-0.05, 0) is 25.8 Å². The number of fused-ring (bicyclic) bond motifs is 1. The fourth-order valence-electron chi connectivity index (χ4n) is 3.63. The van der Waals surface area contributed by atoms with E-state index in [0.29, 0.717) is 43.7 Å². The minimum absolute atomic E-state index is 0.0581. The van der Waals surface area contributed by atoms with Gasteiger partial charge in [0.25, 0.3) is 5.56 Å². The van der Waals surface area contributed by atoms with Crippen LogP contribution in [0.15, 0.2) is 47.5 Å². The predicted molar refractivity (Wildman–Crippen MR) is 112 cm³/mol. The molecule has 1 aliphatic rings. The van der Waals surface area contributed by atoms with Gasteiger partial charge in [-0.25, -0.2) is 14.0 Å². The average Bonchev–Trinajstić information content (AvgIpc) is 3.22. The van der Waals surface area contributed by atoms with E-state index in [1.54, 1.807) is 17.9 Å². The molecule has 3 heterocycles. The maximum Gasteiger partial charge on any atom is 0.409 e. The number of aromatic nitrogens is 4. The quantitative estimate of drug-likeness (QED) is 0.661. The van der Waals surface area contributed by atoms with E-state index in [1.807, 2.05) is 30.3 Å². The number of hydrogen-bond donors (Lipinski definition) is 1. The largest absolute Gasteiger partial charge is 0.450 e. The number of piperidine rings is 1. The normalized spacial score (nSPS) is 14.5. The highest BCUT2D eigenvalue weighted by Gasteiger charge is 2.24. The Kier molecular flexibility index (Phi) is 5.96. The molecule has 0 aliphatic carbocycles. The summed E-state index contributed by atoms with van der Waals surface area (Å²) in [5, 5.41) is 11.4. The molecule has 10 heteroatoms. The molecule has 1 aromatic carbocycles. The molecule has 0 atom stereocenters. The summed E-state index contributed by atoms with van der Waals surface area (Å²) < 4.78 is 7.56. The van der Waals surface area contributed by atoms with Crippen LogP contribution in [0.3, 0.4) is 0 Å². The molecule has 31 heavy (non-hydrogen) atoms. The van der Waals surface area contributed by atoms with E-state index >= 15 is 0 Å². The Morgan fingerprint density at radius 3 is 2.65 bits per heavy atom. The van der Waals surface area contributed by atoms with Gasteiger partial charge in [-0.15, -0.1) is 0 Å². The van der Waals surface area contributed by atoms with Crippen molar-refractivity contribution >= 4 is 17.5 Å². The van der Waals surface area contributed by atoms with Gasteiger partial charge < -0.3 is 15.0 Å². The molecule has 0 bridgehead atoms. The number of carbonyl (C=O) groups is 2. The minimum atomic E-state index is -0.385. The zero-order chi connectivity index (χ0) is 21.8. The van der Waals surface area contributed by atoms with Crippen molar-refractivity contribution in [3.8, 4) is 11.3 Å². The van der Waals surface area contributed by atoms with E-state index in [9.17, 15) is 14.4 Å². The summed E-state index contributed by atoms with van der Waals surface area (Å²) in [6.07, 6.45) is 2.37. The van der Waals surface area contributed by atoms with Crippen LogP contribution in [0, 0.1) is 0 Å². The third-order valence-electron chi connectivity index (χ3n) is 5.24. The van der Waals surface area contributed by atoms with Gasteiger partial charge in [0.05, 0.1) is 12.3 Å². The van der Waals surface area contributed by atoms with E-state index in [0.717, 1.165) is 10.2 Å². The fourth-order valence-corrected chi connectivity index (χ4v) is 3.63. The Morgan fingerprint density at radius 2 is 1.94 bits per heavy atom. The molecule has 1 fully saturated rings. The Hall–Kier alpha value is -3.69. The van der Waals surface area contributed by atoms with Crippen LogP contribution in [0.4, 0.5) is 4.79 Å². The molecular weight excluding hydrogens is 400 g/mol. The maximum atomic E-state index is 12.8. The summed E-state index contributed by atoms with van der Waals surface area (Å²) in [6, 6.07) is 11.2. The van der Waals surface area contributed by atoms with Crippen LogP contribution in [-0.4, -0.2) is 62.0 Å². The Labute approximate surface area is 178 Å². The average molecular weight is 424 g/mol. The van der Waals surface area contributed by atoms with Crippen molar-refractivity contribution in [1.82, 2.24) is 29.6 Å². The molecule has 0 spiro atoms. The van der Waals surface area contributed by atoms with Crippen LogP contribution in [-0.2, 0) is 16.1 Å². The van der Waals surface area contributed by atoms with Gasteiger partial charge in [0.2, 0.25) is 5.91 Å². The van der Waals surface area contributed by atoms with Crippen LogP contribution >= 0.6 is 0 Å². The molecule has 1 aliphatic heterocycles. The SMILES string of the molecule is CCOC(=O)N1CCC(NC(=O)Cn2ncn3nc(-c4ccccc4)cc3c2=O)CC1.